The van der Waals surface area contributed by atoms with Crippen LogP contribution in [-0.2, 0) is 0 Å². The van der Waals surface area contributed by atoms with Crippen molar-refractivity contribution < 1.29 is 8.78 Å². The molecule has 29 heavy (non-hydrogen) atoms. The number of nitrogens with one attached hydrogen (secondary N) is 2. The Balaban J connectivity index is 1.70. The zero-order valence-electron chi connectivity index (χ0n) is 16.2. The van der Waals surface area contributed by atoms with Gasteiger partial charge in [0.05, 0.1) is 17.6 Å². The Kier molecular flexibility index (Phi) is 5.36. The maximum Gasteiger partial charge on any atom is 0.261 e. The number of nitrogens with two attached hydrogens (primary N) is 1. The summed E-state index contributed by atoms with van der Waals surface area (Å²) in [6.45, 7) is 2.22. The Morgan fingerprint density at radius 3 is 2.62 bits per heavy atom. The summed E-state index contributed by atoms with van der Waals surface area (Å²) in [5.74, 6) is 0.944. The van der Waals surface area contributed by atoms with Crippen molar-refractivity contribution in [2.75, 3.05) is 5.32 Å². The lowest BCUT2D eigenvalue weighted by Gasteiger charge is -2.29. The first-order valence-electron chi connectivity index (χ1n) is 9.96. The number of alkyl halides is 2. The first-order chi connectivity index (χ1) is 14.0. The summed E-state index contributed by atoms with van der Waals surface area (Å²) in [5.41, 5.74) is 7.10. The highest BCUT2D eigenvalue weighted by atomic mass is 19.3. The van der Waals surface area contributed by atoms with Gasteiger partial charge in [0.15, 0.2) is 5.82 Å². The minimum absolute atomic E-state index is 0.212. The fourth-order valence-corrected chi connectivity index (χ4v) is 4.17. The van der Waals surface area contributed by atoms with Crippen molar-refractivity contribution in [2.24, 2.45) is 11.7 Å². The van der Waals surface area contributed by atoms with Crippen LogP contribution in [0.25, 0.3) is 10.9 Å². The van der Waals surface area contributed by atoms with Crippen LogP contribution in [0.1, 0.15) is 50.3 Å². The fraction of sp³-hybridized carbons (Fsp3) is 0.429. The maximum absolute atomic E-state index is 12.8. The number of hydrogen-bond acceptors (Lipinski definition) is 4. The molecule has 4 N–H and O–H groups in total. The van der Waals surface area contributed by atoms with Gasteiger partial charge in [-0.1, -0.05) is 31.9 Å². The zero-order valence-corrected chi connectivity index (χ0v) is 16.2. The second-order valence-corrected chi connectivity index (χ2v) is 7.80. The van der Waals surface area contributed by atoms with Crippen molar-refractivity contribution >= 4 is 22.4 Å². The van der Waals surface area contributed by atoms with Gasteiger partial charge in [-0.15, -0.1) is 0 Å². The molecule has 2 aromatic heterocycles. The van der Waals surface area contributed by atoms with Gasteiger partial charge in [0.1, 0.15) is 5.39 Å². The highest BCUT2D eigenvalue weighted by Gasteiger charge is 2.27. The third-order valence-corrected chi connectivity index (χ3v) is 5.84. The van der Waals surface area contributed by atoms with Crippen LogP contribution in [0.2, 0.25) is 0 Å². The molecule has 154 valence electrons. The quantitative estimate of drug-likeness (QED) is 0.588. The van der Waals surface area contributed by atoms with E-state index in [4.69, 9.17) is 10.8 Å². The summed E-state index contributed by atoms with van der Waals surface area (Å²) in [6.07, 6.45) is 3.56. The minimum Gasteiger partial charge on any atom is -0.338 e. The van der Waals surface area contributed by atoms with Gasteiger partial charge in [-0.3, -0.25) is 9.48 Å². The predicted octanol–water partition coefficient (Wildman–Crippen LogP) is 4.48. The largest absolute Gasteiger partial charge is 0.338 e. The molecule has 0 radical (unpaired) electrons. The maximum atomic E-state index is 12.8. The van der Waals surface area contributed by atoms with E-state index in [-0.39, 0.29) is 11.6 Å². The predicted molar refractivity (Wildman–Crippen MR) is 110 cm³/mol. The lowest BCUT2D eigenvalue weighted by molar-refractivity contribution is 0.116. The van der Waals surface area contributed by atoms with Crippen LogP contribution in [0.5, 0.6) is 0 Å². The standard InChI is InChI=1S/C21H25F2N5O/c1-12-4-2-3-5-15(12)28-16-10-11-25-21(29)17(16)20(27-28)26-14-8-6-13(7-9-14)18(24)19(22)23/h6-12,15,18-19H,2-5,24H2,1H3,(H,25,29)(H,26,27)/t12-,15-,18?/m0/s1. The average molecular weight is 401 g/mol. The van der Waals surface area contributed by atoms with Gasteiger partial charge in [-0.05, 0) is 42.5 Å². The molecule has 1 fully saturated rings. The van der Waals surface area contributed by atoms with E-state index in [1.165, 1.54) is 6.42 Å². The molecule has 1 saturated carbocycles. The van der Waals surface area contributed by atoms with E-state index in [1.807, 2.05) is 10.7 Å². The van der Waals surface area contributed by atoms with Crippen molar-refractivity contribution in [3.05, 3.63) is 52.4 Å². The van der Waals surface area contributed by atoms with E-state index in [2.05, 4.69) is 17.2 Å². The molecule has 3 atom stereocenters. The van der Waals surface area contributed by atoms with E-state index < -0.39 is 12.5 Å². The molecule has 1 unspecified atom stereocenters. The van der Waals surface area contributed by atoms with Gasteiger partial charge in [-0.2, -0.15) is 5.10 Å². The molecule has 0 spiro atoms. The molecule has 1 aromatic carbocycles. The Morgan fingerprint density at radius 1 is 1.21 bits per heavy atom. The van der Waals surface area contributed by atoms with Crippen molar-refractivity contribution in [1.82, 2.24) is 14.8 Å². The third-order valence-electron chi connectivity index (χ3n) is 5.84. The number of rotatable bonds is 5. The third kappa shape index (κ3) is 3.76. The summed E-state index contributed by atoms with van der Waals surface area (Å²) < 4.78 is 27.6. The van der Waals surface area contributed by atoms with Crippen molar-refractivity contribution in [2.45, 2.75) is 51.1 Å². The van der Waals surface area contributed by atoms with Crippen LogP contribution in [0, 0.1) is 5.92 Å². The topological polar surface area (TPSA) is 88.7 Å². The lowest BCUT2D eigenvalue weighted by atomic mass is 9.86. The number of aromatic nitrogens is 3. The summed E-state index contributed by atoms with van der Waals surface area (Å²) >= 11 is 0. The van der Waals surface area contributed by atoms with Gasteiger partial charge in [-0.25, -0.2) is 8.78 Å². The molecule has 0 bridgehead atoms. The number of halogens is 2. The van der Waals surface area contributed by atoms with Crippen LogP contribution in [0.3, 0.4) is 0 Å². The minimum atomic E-state index is -2.62. The molecule has 6 nitrogen and oxygen atoms in total. The van der Waals surface area contributed by atoms with E-state index >= 15 is 0 Å². The Morgan fingerprint density at radius 2 is 1.93 bits per heavy atom. The molecular weight excluding hydrogens is 376 g/mol. The molecule has 1 aliphatic rings. The van der Waals surface area contributed by atoms with E-state index in [0.717, 1.165) is 24.8 Å². The number of benzene rings is 1. The molecule has 3 aromatic rings. The van der Waals surface area contributed by atoms with E-state index in [1.54, 1.807) is 30.5 Å². The first-order valence-corrected chi connectivity index (χ1v) is 9.96. The van der Waals surface area contributed by atoms with E-state index in [0.29, 0.717) is 28.4 Å². The summed E-state index contributed by atoms with van der Waals surface area (Å²) in [7, 11) is 0. The summed E-state index contributed by atoms with van der Waals surface area (Å²) in [4.78, 5) is 15.3. The van der Waals surface area contributed by atoms with Gasteiger partial charge in [0.25, 0.3) is 12.0 Å². The molecule has 0 saturated heterocycles. The van der Waals surface area contributed by atoms with Crippen molar-refractivity contribution in [3.8, 4) is 0 Å². The monoisotopic (exact) mass is 401 g/mol. The van der Waals surface area contributed by atoms with Crippen LogP contribution in [0.4, 0.5) is 20.3 Å². The Bertz CT molecular complexity index is 1040. The van der Waals surface area contributed by atoms with Crippen molar-refractivity contribution in [1.29, 1.82) is 0 Å². The second kappa shape index (κ2) is 7.94. The van der Waals surface area contributed by atoms with Gasteiger partial charge in [0, 0.05) is 11.9 Å². The molecule has 8 heteroatoms. The number of anilines is 2. The average Bonchev–Trinajstić information content (AvgIpc) is 3.08. The Hall–Kier alpha value is -2.74. The van der Waals surface area contributed by atoms with Crippen LogP contribution >= 0.6 is 0 Å². The number of hydrogen-bond donors (Lipinski definition) is 3. The molecule has 0 aliphatic heterocycles. The van der Waals surface area contributed by atoms with Gasteiger partial charge < -0.3 is 16.0 Å². The van der Waals surface area contributed by atoms with Gasteiger partial charge >= 0.3 is 0 Å². The van der Waals surface area contributed by atoms with Crippen molar-refractivity contribution in [3.63, 3.8) is 0 Å². The molecule has 1 aliphatic carbocycles. The summed E-state index contributed by atoms with van der Waals surface area (Å²) in [6, 6.07) is 7.26. The highest BCUT2D eigenvalue weighted by molar-refractivity contribution is 5.91. The number of pyridine rings is 1. The normalized spacial score (nSPS) is 20.9. The summed E-state index contributed by atoms with van der Waals surface area (Å²) in [5, 5.41) is 8.42. The first kappa shape index (κ1) is 19.6. The molecule has 4 rings (SSSR count). The molecule has 2 heterocycles. The SMILES string of the molecule is C[C@H]1CCCC[C@@H]1n1nc(Nc2ccc(C(N)C(F)F)cc2)c2c(=O)[nH]ccc21. The van der Waals surface area contributed by atoms with Crippen LogP contribution < -0.4 is 16.6 Å². The number of H-pyrrole nitrogens is 1. The van der Waals surface area contributed by atoms with Gasteiger partial charge in [0.2, 0.25) is 0 Å². The Labute approximate surface area is 167 Å². The highest BCUT2D eigenvalue weighted by Crippen LogP contribution is 2.36. The zero-order chi connectivity index (χ0) is 20.5. The van der Waals surface area contributed by atoms with Crippen LogP contribution in [0.15, 0.2) is 41.3 Å². The van der Waals surface area contributed by atoms with E-state index in [9.17, 15) is 13.6 Å². The fourth-order valence-electron chi connectivity index (χ4n) is 4.17. The molecular formula is C21H25F2N5O. The number of nitrogens with zero attached hydrogens (tertiary/aromatic N) is 2. The second-order valence-electron chi connectivity index (χ2n) is 7.80. The number of aromatic amines is 1. The number of fused-ring (bicyclic) bond motifs is 1. The lowest BCUT2D eigenvalue weighted by Crippen LogP contribution is -2.22. The molecule has 0 amide bonds. The smallest absolute Gasteiger partial charge is 0.261 e. The van der Waals surface area contributed by atoms with Crippen LogP contribution in [-0.4, -0.2) is 21.2 Å².